The van der Waals surface area contributed by atoms with Crippen LogP contribution in [0.1, 0.15) is 39.7 Å². The first-order valence-corrected chi connectivity index (χ1v) is 8.61. The highest BCUT2D eigenvalue weighted by atomic mass is 16.5. The number of benzene rings is 1. The lowest BCUT2D eigenvalue weighted by Crippen LogP contribution is -2.39. The fourth-order valence-electron chi connectivity index (χ4n) is 2.31. The third-order valence-electron chi connectivity index (χ3n) is 3.50. The van der Waals surface area contributed by atoms with Crippen molar-refractivity contribution >= 4 is 11.9 Å². The van der Waals surface area contributed by atoms with Crippen molar-refractivity contribution in [2.45, 2.75) is 40.5 Å². The maximum atomic E-state index is 12.4. The third kappa shape index (κ3) is 7.49. The van der Waals surface area contributed by atoms with E-state index in [4.69, 9.17) is 9.47 Å². The standard InChI is InChI=1S/C19H29NO4/c1-5-16-8-7-9-17(12-16)24-14-18(21)20(13-15(3)4)11-10-19(22)23-6-2/h7-9,12,15H,5-6,10-11,13-14H2,1-4H3. The zero-order valence-electron chi connectivity index (χ0n) is 15.2. The summed E-state index contributed by atoms with van der Waals surface area (Å²) in [6.45, 7) is 9.20. The largest absolute Gasteiger partial charge is 0.484 e. The molecule has 1 aromatic rings. The average molecular weight is 335 g/mol. The van der Waals surface area contributed by atoms with Crippen LogP contribution in [0, 0.1) is 5.92 Å². The van der Waals surface area contributed by atoms with E-state index in [1.807, 2.05) is 38.1 Å². The van der Waals surface area contributed by atoms with Crippen LogP contribution in [0.25, 0.3) is 0 Å². The average Bonchev–Trinajstić information content (AvgIpc) is 2.56. The van der Waals surface area contributed by atoms with Crippen LogP contribution in [0.2, 0.25) is 0 Å². The molecular formula is C19H29NO4. The van der Waals surface area contributed by atoms with Gasteiger partial charge in [0, 0.05) is 13.1 Å². The summed E-state index contributed by atoms with van der Waals surface area (Å²) in [5.74, 6) is 0.614. The summed E-state index contributed by atoms with van der Waals surface area (Å²) in [7, 11) is 0. The lowest BCUT2D eigenvalue weighted by molar-refractivity contribution is -0.144. The van der Waals surface area contributed by atoms with E-state index < -0.39 is 0 Å². The van der Waals surface area contributed by atoms with E-state index in [0.717, 1.165) is 6.42 Å². The van der Waals surface area contributed by atoms with Gasteiger partial charge < -0.3 is 14.4 Å². The van der Waals surface area contributed by atoms with Crippen LogP contribution in [-0.4, -0.2) is 43.1 Å². The predicted octanol–water partition coefficient (Wildman–Crippen LogP) is 3.07. The number of carbonyl (C=O) groups excluding carboxylic acids is 2. The predicted molar refractivity (Wildman–Crippen MR) is 94.0 cm³/mol. The van der Waals surface area contributed by atoms with Crippen LogP contribution in [-0.2, 0) is 20.7 Å². The molecule has 1 rings (SSSR count). The molecule has 0 aliphatic rings. The van der Waals surface area contributed by atoms with Gasteiger partial charge in [0.2, 0.25) is 0 Å². The number of hydrogen-bond donors (Lipinski definition) is 0. The minimum atomic E-state index is -0.282. The molecule has 0 aromatic heterocycles. The van der Waals surface area contributed by atoms with Crippen molar-refractivity contribution in [1.29, 1.82) is 0 Å². The quantitative estimate of drug-likeness (QED) is 0.617. The summed E-state index contributed by atoms with van der Waals surface area (Å²) in [4.78, 5) is 25.6. The first-order chi connectivity index (χ1) is 11.5. The van der Waals surface area contributed by atoms with E-state index >= 15 is 0 Å². The molecule has 0 unspecified atom stereocenters. The van der Waals surface area contributed by atoms with Crippen LogP contribution in [0.3, 0.4) is 0 Å². The summed E-state index contributed by atoms with van der Waals surface area (Å²) in [5, 5.41) is 0. The van der Waals surface area contributed by atoms with Crippen molar-refractivity contribution in [2.24, 2.45) is 5.92 Å². The Bertz CT molecular complexity index is 528. The number of ether oxygens (including phenoxy) is 2. The first kappa shape index (κ1) is 20.0. The van der Waals surface area contributed by atoms with E-state index in [1.165, 1.54) is 5.56 Å². The Labute approximate surface area is 144 Å². The van der Waals surface area contributed by atoms with Crippen molar-refractivity contribution in [1.82, 2.24) is 4.90 Å². The molecule has 0 spiro atoms. The van der Waals surface area contributed by atoms with E-state index in [0.29, 0.717) is 31.4 Å². The normalized spacial score (nSPS) is 10.5. The molecule has 24 heavy (non-hydrogen) atoms. The van der Waals surface area contributed by atoms with Gasteiger partial charge in [-0.15, -0.1) is 0 Å². The second-order valence-corrected chi connectivity index (χ2v) is 6.08. The zero-order chi connectivity index (χ0) is 17.9. The summed E-state index contributed by atoms with van der Waals surface area (Å²) in [6, 6.07) is 7.74. The Morgan fingerprint density at radius 2 is 1.96 bits per heavy atom. The monoisotopic (exact) mass is 335 g/mol. The molecule has 0 aliphatic carbocycles. The number of rotatable bonds is 10. The maximum Gasteiger partial charge on any atom is 0.307 e. The van der Waals surface area contributed by atoms with E-state index in [-0.39, 0.29) is 24.9 Å². The van der Waals surface area contributed by atoms with E-state index in [9.17, 15) is 9.59 Å². The molecule has 0 saturated carbocycles. The van der Waals surface area contributed by atoms with Gasteiger partial charge in [0.05, 0.1) is 13.0 Å². The highest BCUT2D eigenvalue weighted by Gasteiger charge is 2.17. The molecule has 0 saturated heterocycles. The molecule has 1 amide bonds. The zero-order valence-corrected chi connectivity index (χ0v) is 15.2. The maximum absolute atomic E-state index is 12.4. The summed E-state index contributed by atoms with van der Waals surface area (Å²) in [5.41, 5.74) is 1.17. The number of amides is 1. The molecule has 0 fully saturated rings. The minimum absolute atomic E-state index is 0.0251. The van der Waals surface area contributed by atoms with Gasteiger partial charge in [-0.2, -0.15) is 0 Å². The minimum Gasteiger partial charge on any atom is -0.484 e. The second kappa shape index (κ2) is 10.7. The molecule has 5 nitrogen and oxygen atoms in total. The number of hydrogen-bond acceptors (Lipinski definition) is 4. The Morgan fingerprint density at radius 1 is 1.21 bits per heavy atom. The molecule has 1 aromatic carbocycles. The van der Waals surface area contributed by atoms with Gasteiger partial charge >= 0.3 is 5.97 Å². The summed E-state index contributed by atoms with van der Waals surface area (Å²) in [6.07, 6.45) is 1.13. The number of carbonyl (C=O) groups is 2. The molecule has 134 valence electrons. The van der Waals surface area contributed by atoms with Gasteiger partial charge in [0.1, 0.15) is 5.75 Å². The van der Waals surface area contributed by atoms with Gasteiger partial charge in [-0.1, -0.05) is 32.9 Å². The van der Waals surface area contributed by atoms with Gasteiger partial charge in [-0.05, 0) is 37.0 Å². The molecule has 0 N–H and O–H groups in total. The number of esters is 1. The molecule has 0 atom stereocenters. The Kier molecular flexibility index (Phi) is 8.90. The Balaban J connectivity index is 2.58. The topological polar surface area (TPSA) is 55.8 Å². The fraction of sp³-hybridized carbons (Fsp3) is 0.579. The van der Waals surface area contributed by atoms with Crippen molar-refractivity contribution < 1.29 is 19.1 Å². The van der Waals surface area contributed by atoms with Crippen LogP contribution in [0.5, 0.6) is 5.75 Å². The van der Waals surface area contributed by atoms with Crippen LogP contribution >= 0.6 is 0 Å². The van der Waals surface area contributed by atoms with Crippen LogP contribution < -0.4 is 4.74 Å². The summed E-state index contributed by atoms with van der Waals surface area (Å²) >= 11 is 0. The Hall–Kier alpha value is -2.04. The lowest BCUT2D eigenvalue weighted by Gasteiger charge is -2.24. The first-order valence-electron chi connectivity index (χ1n) is 8.61. The van der Waals surface area contributed by atoms with Crippen molar-refractivity contribution in [3.63, 3.8) is 0 Å². The van der Waals surface area contributed by atoms with Crippen molar-refractivity contribution in [3.05, 3.63) is 29.8 Å². The highest BCUT2D eigenvalue weighted by molar-refractivity contribution is 5.78. The molecule has 5 heteroatoms. The molecule has 0 radical (unpaired) electrons. The van der Waals surface area contributed by atoms with E-state index in [1.54, 1.807) is 11.8 Å². The van der Waals surface area contributed by atoms with Gasteiger partial charge in [0.15, 0.2) is 6.61 Å². The molecule has 0 bridgehead atoms. The third-order valence-corrected chi connectivity index (χ3v) is 3.50. The fourth-order valence-corrected chi connectivity index (χ4v) is 2.31. The van der Waals surface area contributed by atoms with Crippen LogP contribution in [0.4, 0.5) is 0 Å². The van der Waals surface area contributed by atoms with Crippen molar-refractivity contribution in [3.8, 4) is 5.75 Å². The molecule has 0 aliphatic heterocycles. The number of aryl methyl sites for hydroxylation is 1. The van der Waals surface area contributed by atoms with Gasteiger partial charge in [-0.25, -0.2) is 0 Å². The smallest absolute Gasteiger partial charge is 0.307 e. The Morgan fingerprint density at radius 3 is 2.58 bits per heavy atom. The lowest BCUT2D eigenvalue weighted by atomic mass is 10.2. The highest BCUT2D eigenvalue weighted by Crippen LogP contribution is 2.14. The van der Waals surface area contributed by atoms with Crippen LogP contribution in [0.15, 0.2) is 24.3 Å². The SMILES string of the molecule is CCOC(=O)CCN(CC(C)C)C(=O)COc1cccc(CC)c1. The van der Waals surface area contributed by atoms with E-state index in [2.05, 4.69) is 6.92 Å². The summed E-state index contributed by atoms with van der Waals surface area (Å²) < 4.78 is 10.5. The van der Waals surface area contributed by atoms with Gasteiger partial charge in [0.25, 0.3) is 5.91 Å². The molecular weight excluding hydrogens is 306 g/mol. The molecule has 0 heterocycles. The second-order valence-electron chi connectivity index (χ2n) is 6.08. The van der Waals surface area contributed by atoms with Gasteiger partial charge in [-0.3, -0.25) is 9.59 Å². The number of nitrogens with zero attached hydrogens (tertiary/aromatic N) is 1. The van der Waals surface area contributed by atoms with Crippen molar-refractivity contribution in [2.75, 3.05) is 26.3 Å².